The van der Waals surface area contributed by atoms with Gasteiger partial charge in [0.25, 0.3) is 0 Å². The number of halogens is 2. The smallest absolute Gasteiger partial charge is 0.124 e. The molecule has 3 heteroatoms. The molecule has 0 aliphatic heterocycles. The topological polar surface area (TPSA) is 9.23 Å². The Balaban J connectivity index is 2.64. The van der Waals surface area contributed by atoms with Gasteiger partial charge >= 0.3 is 0 Å². The molecule has 0 aliphatic rings. The van der Waals surface area contributed by atoms with Crippen molar-refractivity contribution in [3.63, 3.8) is 0 Å². The molecule has 1 nitrogen and oxygen atoms in total. The Kier molecular flexibility index (Phi) is 5.56. The van der Waals surface area contributed by atoms with Crippen LogP contribution in [0, 0.1) is 0 Å². The summed E-state index contributed by atoms with van der Waals surface area (Å²) in [6.07, 6.45) is 2.26. The van der Waals surface area contributed by atoms with Crippen LogP contribution >= 0.6 is 31.9 Å². The summed E-state index contributed by atoms with van der Waals surface area (Å²) in [4.78, 5) is 0. The predicted molar refractivity (Wildman–Crippen MR) is 67.4 cm³/mol. The molecular formula is C11H14Br2O. The van der Waals surface area contributed by atoms with E-state index < -0.39 is 0 Å². The second-order valence-corrected chi connectivity index (χ2v) is 6.10. The Bertz CT molecular complexity index is 274. The quantitative estimate of drug-likeness (QED) is 0.566. The van der Waals surface area contributed by atoms with Crippen molar-refractivity contribution in [2.75, 3.05) is 6.61 Å². The fraction of sp³-hybridized carbons (Fsp3) is 0.455. The predicted octanol–water partition coefficient (Wildman–Crippen LogP) is 4.65. The standard InChI is InChI=1S/C11H14Br2O/c1-2-3-8-14-10-7-5-4-6-9(10)11(12)13/h4-7,11H,2-3,8H2,1H3. The van der Waals surface area contributed by atoms with Gasteiger partial charge in [0, 0.05) is 5.56 Å². The van der Waals surface area contributed by atoms with Gasteiger partial charge in [-0.05, 0) is 12.5 Å². The van der Waals surface area contributed by atoms with Crippen molar-refractivity contribution in [2.24, 2.45) is 0 Å². The third-order valence-electron chi connectivity index (χ3n) is 1.91. The van der Waals surface area contributed by atoms with Crippen LogP contribution in [0.1, 0.15) is 29.1 Å². The minimum atomic E-state index is 0.160. The normalized spacial score (nSPS) is 10.6. The molecule has 0 atom stereocenters. The number of para-hydroxylation sites is 1. The second kappa shape index (κ2) is 6.46. The zero-order chi connectivity index (χ0) is 10.4. The van der Waals surface area contributed by atoms with Gasteiger partial charge in [0.05, 0.1) is 10.3 Å². The van der Waals surface area contributed by atoms with Crippen LogP contribution in [-0.2, 0) is 0 Å². The summed E-state index contributed by atoms with van der Waals surface area (Å²) >= 11 is 6.96. The first-order valence-electron chi connectivity index (χ1n) is 4.75. The van der Waals surface area contributed by atoms with Crippen LogP contribution in [-0.4, -0.2) is 6.61 Å². The van der Waals surface area contributed by atoms with Gasteiger partial charge in [0.1, 0.15) is 5.75 Å². The highest BCUT2D eigenvalue weighted by Crippen LogP contribution is 2.35. The zero-order valence-corrected chi connectivity index (χ0v) is 11.3. The van der Waals surface area contributed by atoms with Gasteiger partial charge in [-0.1, -0.05) is 63.4 Å². The molecule has 0 N–H and O–H groups in total. The van der Waals surface area contributed by atoms with Crippen molar-refractivity contribution in [1.82, 2.24) is 0 Å². The minimum absolute atomic E-state index is 0.160. The summed E-state index contributed by atoms with van der Waals surface area (Å²) in [7, 11) is 0. The molecule has 78 valence electrons. The van der Waals surface area contributed by atoms with Crippen LogP contribution in [0.4, 0.5) is 0 Å². The molecule has 0 radical (unpaired) electrons. The van der Waals surface area contributed by atoms with Crippen LogP contribution in [0.15, 0.2) is 24.3 Å². The lowest BCUT2D eigenvalue weighted by atomic mass is 10.2. The molecule has 0 saturated heterocycles. The second-order valence-electron chi connectivity index (χ2n) is 3.04. The van der Waals surface area contributed by atoms with E-state index in [4.69, 9.17) is 4.74 Å². The Morgan fingerprint density at radius 3 is 2.64 bits per heavy atom. The largest absolute Gasteiger partial charge is 0.493 e. The summed E-state index contributed by atoms with van der Waals surface area (Å²) in [6, 6.07) is 8.06. The number of hydrogen-bond donors (Lipinski definition) is 0. The highest BCUT2D eigenvalue weighted by atomic mass is 79.9. The molecule has 0 aromatic heterocycles. The average Bonchev–Trinajstić information content (AvgIpc) is 2.19. The molecule has 1 aromatic rings. The lowest BCUT2D eigenvalue weighted by Gasteiger charge is -2.11. The van der Waals surface area contributed by atoms with Crippen LogP contribution < -0.4 is 4.74 Å². The fourth-order valence-electron chi connectivity index (χ4n) is 1.12. The van der Waals surface area contributed by atoms with Crippen molar-refractivity contribution >= 4 is 31.9 Å². The maximum atomic E-state index is 5.68. The Hall–Kier alpha value is -0.0200. The molecule has 0 fully saturated rings. The maximum absolute atomic E-state index is 5.68. The average molecular weight is 322 g/mol. The number of benzene rings is 1. The molecular weight excluding hydrogens is 308 g/mol. The molecule has 0 saturated carbocycles. The molecule has 1 aromatic carbocycles. The number of ether oxygens (including phenoxy) is 1. The first-order chi connectivity index (χ1) is 6.75. The lowest BCUT2D eigenvalue weighted by Crippen LogP contribution is -1.99. The van der Waals surface area contributed by atoms with Crippen molar-refractivity contribution in [3.8, 4) is 5.75 Å². The van der Waals surface area contributed by atoms with E-state index in [1.54, 1.807) is 0 Å². The highest BCUT2D eigenvalue weighted by Gasteiger charge is 2.08. The lowest BCUT2D eigenvalue weighted by molar-refractivity contribution is 0.307. The van der Waals surface area contributed by atoms with Gasteiger partial charge in [-0.3, -0.25) is 0 Å². The molecule has 0 spiro atoms. The van der Waals surface area contributed by atoms with Gasteiger partial charge in [-0.25, -0.2) is 0 Å². The van der Waals surface area contributed by atoms with E-state index >= 15 is 0 Å². The maximum Gasteiger partial charge on any atom is 0.124 e. The Morgan fingerprint density at radius 2 is 2.00 bits per heavy atom. The van der Waals surface area contributed by atoms with E-state index in [-0.39, 0.29) is 3.74 Å². The molecule has 1 rings (SSSR count). The fourth-order valence-corrected chi connectivity index (χ4v) is 1.88. The monoisotopic (exact) mass is 320 g/mol. The van der Waals surface area contributed by atoms with Crippen molar-refractivity contribution in [1.29, 1.82) is 0 Å². The zero-order valence-electron chi connectivity index (χ0n) is 8.17. The number of alkyl halides is 2. The van der Waals surface area contributed by atoms with E-state index in [1.165, 1.54) is 0 Å². The third-order valence-corrected chi connectivity index (χ3v) is 2.90. The molecule has 14 heavy (non-hydrogen) atoms. The van der Waals surface area contributed by atoms with Gasteiger partial charge in [-0.15, -0.1) is 0 Å². The number of unbranched alkanes of at least 4 members (excludes halogenated alkanes) is 1. The van der Waals surface area contributed by atoms with E-state index in [9.17, 15) is 0 Å². The van der Waals surface area contributed by atoms with Crippen LogP contribution in [0.3, 0.4) is 0 Å². The highest BCUT2D eigenvalue weighted by molar-refractivity contribution is 9.24. The van der Waals surface area contributed by atoms with Gasteiger partial charge < -0.3 is 4.74 Å². The summed E-state index contributed by atoms with van der Waals surface area (Å²) in [5, 5.41) is 0. The van der Waals surface area contributed by atoms with E-state index in [2.05, 4.69) is 44.8 Å². The van der Waals surface area contributed by atoms with Crippen molar-refractivity contribution in [2.45, 2.75) is 23.5 Å². The minimum Gasteiger partial charge on any atom is -0.493 e. The summed E-state index contributed by atoms with van der Waals surface area (Å²) in [5.41, 5.74) is 1.14. The third kappa shape index (κ3) is 3.62. The summed E-state index contributed by atoms with van der Waals surface area (Å²) in [6.45, 7) is 2.95. The SMILES string of the molecule is CCCCOc1ccccc1C(Br)Br. The number of rotatable bonds is 5. The first-order valence-corrected chi connectivity index (χ1v) is 6.58. The molecule has 0 bridgehead atoms. The van der Waals surface area contributed by atoms with Crippen LogP contribution in [0.25, 0.3) is 0 Å². The first kappa shape index (κ1) is 12.1. The van der Waals surface area contributed by atoms with Crippen LogP contribution in [0.2, 0.25) is 0 Å². The summed E-state index contributed by atoms with van der Waals surface area (Å²) in [5.74, 6) is 0.958. The van der Waals surface area contributed by atoms with Crippen LogP contribution in [0.5, 0.6) is 5.75 Å². The van der Waals surface area contributed by atoms with Crippen molar-refractivity contribution < 1.29 is 4.74 Å². The Morgan fingerprint density at radius 1 is 1.29 bits per heavy atom. The summed E-state index contributed by atoms with van der Waals surface area (Å²) < 4.78 is 5.84. The molecule has 0 amide bonds. The van der Waals surface area contributed by atoms with E-state index in [0.29, 0.717) is 0 Å². The molecule has 0 aliphatic carbocycles. The van der Waals surface area contributed by atoms with E-state index in [1.807, 2.05) is 18.2 Å². The van der Waals surface area contributed by atoms with Gasteiger partial charge in [0.2, 0.25) is 0 Å². The van der Waals surface area contributed by atoms with Crippen molar-refractivity contribution in [3.05, 3.63) is 29.8 Å². The molecule has 0 heterocycles. The van der Waals surface area contributed by atoms with E-state index in [0.717, 1.165) is 30.8 Å². The molecule has 0 unspecified atom stereocenters. The number of hydrogen-bond acceptors (Lipinski definition) is 1. The van der Waals surface area contributed by atoms with Gasteiger partial charge in [0.15, 0.2) is 0 Å². The van der Waals surface area contributed by atoms with Gasteiger partial charge in [-0.2, -0.15) is 0 Å². The Labute approximate surface area is 102 Å².